The second-order valence-corrected chi connectivity index (χ2v) is 4.16. The standard InChI is InChI=1S/C11H7ClFN5O/c12-7-3-5(13)1-2-6(7)9-10(19-17-11(9)14)8-4-15-18-16-8/h1-4H,(H2,14,17)(H,15,16,18). The summed E-state index contributed by atoms with van der Waals surface area (Å²) in [7, 11) is 0. The highest BCUT2D eigenvalue weighted by atomic mass is 35.5. The lowest BCUT2D eigenvalue weighted by Crippen LogP contribution is -1.90. The van der Waals surface area contributed by atoms with E-state index in [1.54, 1.807) is 0 Å². The van der Waals surface area contributed by atoms with Crippen molar-refractivity contribution in [1.29, 1.82) is 0 Å². The molecule has 0 aliphatic heterocycles. The Kier molecular flexibility index (Phi) is 2.68. The molecular weight excluding hydrogens is 273 g/mol. The smallest absolute Gasteiger partial charge is 0.198 e. The normalized spacial score (nSPS) is 10.8. The van der Waals surface area contributed by atoms with E-state index in [4.69, 9.17) is 21.9 Å². The fraction of sp³-hybridized carbons (Fsp3) is 0. The molecule has 0 radical (unpaired) electrons. The number of nitrogens with zero attached hydrogens (tertiary/aromatic N) is 3. The van der Waals surface area contributed by atoms with Crippen LogP contribution in [0.5, 0.6) is 0 Å². The highest BCUT2D eigenvalue weighted by molar-refractivity contribution is 6.33. The Bertz CT molecular complexity index is 725. The highest BCUT2D eigenvalue weighted by Crippen LogP contribution is 2.39. The van der Waals surface area contributed by atoms with Gasteiger partial charge in [-0.25, -0.2) is 4.39 Å². The molecule has 0 atom stereocenters. The number of halogens is 2. The van der Waals surface area contributed by atoms with E-state index in [2.05, 4.69) is 20.6 Å². The van der Waals surface area contributed by atoms with E-state index >= 15 is 0 Å². The molecule has 0 bridgehead atoms. The predicted octanol–water partition coefficient (Wildman–Crippen LogP) is 2.50. The molecule has 1 aromatic carbocycles. The molecule has 3 rings (SSSR count). The molecule has 0 aliphatic rings. The van der Waals surface area contributed by atoms with E-state index in [1.807, 2.05) is 0 Å². The molecule has 0 saturated heterocycles. The van der Waals surface area contributed by atoms with E-state index < -0.39 is 5.82 Å². The van der Waals surface area contributed by atoms with Crippen LogP contribution in [0.15, 0.2) is 28.9 Å². The van der Waals surface area contributed by atoms with E-state index in [9.17, 15) is 4.39 Å². The zero-order valence-corrected chi connectivity index (χ0v) is 10.1. The van der Waals surface area contributed by atoms with Crippen molar-refractivity contribution in [2.45, 2.75) is 0 Å². The number of hydrogen-bond acceptors (Lipinski definition) is 5. The van der Waals surface area contributed by atoms with Gasteiger partial charge in [0.25, 0.3) is 0 Å². The van der Waals surface area contributed by atoms with Crippen molar-refractivity contribution in [2.24, 2.45) is 0 Å². The van der Waals surface area contributed by atoms with Crippen LogP contribution in [0, 0.1) is 5.82 Å². The summed E-state index contributed by atoms with van der Waals surface area (Å²) in [6.07, 6.45) is 1.46. The van der Waals surface area contributed by atoms with Crippen LogP contribution in [-0.4, -0.2) is 20.6 Å². The third-order valence-corrected chi connectivity index (χ3v) is 2.88. The molecule has 0 fully saturated rings. The zero-order chi connectivity index (χ0) is 13.4. The first-order chi connectivity index (χ1) is 9.16. The Labute approximate surface area is 111 Å². The minimum absolute atomic E-state index is 0.145. The van der Waals surface area contributed by atoms with Gasteiger partial charge >= 0.3 is 0 Å². The number of H-pyrrole nitrogens is 1. The SMILES string of the molecule is Nc1noc(-c2cn[nH]n2)c1-c1ccc(F)cc1Cl. The van der Waals surface area contributed by atoms with Crippen molar-refractivity contribution < 1.29 is 8.91 Å². The monoisotopic (exact) mass is 279 g/mol. The average molecular weight is 280 g/mol. The second kappa shape index (κ2) is 4.36. The Hall–Kier alpha value is -2.41. The molecule has 0 spiro atoms. The van der Waals surface area contributed by atoms with Crippen LogP contribution >= 0.6 is 11.6 Å². The fourth-order valence-corrected chi connectivity index (χ4v) is 2.00. The quantitative estimate of drug-likeness (QED) is 0.751. The summed E-state index contributed by atoms with van der Waals surface area (Å²) in [6.45, 7) is 0. The molecule has 2 heterocycles. The van der Waals surface area contributed by atoms with Crippen molar-refractivity contribution in [3.63, 3.8) is 0 Å². The van der Waals surface area contributed by atoms with E-state index in [1.165, 1.54) is 24.4 Å². The van der Waals surface area contributed by atoms with Crippen LogP contribution < -0.4 is 5.73 Å². The number of aromatic nitrogens is 4. The summed E-state index contributed by atoms with van der Waals surface area (Å²) in [5.74, 6) is 0.0260. The minimum atomic E-state index is -0.438. The number of aromatic amines is 1. The van der Waals surface area contributed by atoms with Gasteiger partial charge in [-0.1, -0.05) is 16.8 Å². The van der Waals surface area contributed by atoms with Gasteiger partial charge in [0.05, 0.1) is 16.8 Å². The number of nitrogens with two attached hydrogens (primary N) is 1. The van der Waals surface area contributed by atoms with Gasteiger partial charge in [-0.3, -0.25) is 0 Å². The molecule has 3 aromatic rings. The summed E-state index contributed by atoms with van der Waals surface area (Å²) in [6, 6.07) is 3.97. The number of rotatable bonds is 2. The topological polar surface area (TPSA) is 93.6 Å². The minimum Gasteiger partial charge on any atom is -0.380 e. The van der Waals surface area contributed by atoms with Crippen LogP contribution in [0.3, 0.4) is 0 Å². The maximum atomic E-state index is 13.1. The number of benzene rings is 1. The molecule has 0 aliphatic carbocycles. The van der Waals surface area contributed by atoms with Gasteiger partial charge in [-0.2, -0.15) is 15.4 Å². The van der Waals surface area contributed by atoms with Gasteiger partial charge in [-0.15, -0.1) is 0 Å². The van der Waals surface area contributed by atoms with Crippen LogP contribution in [0.25, 0.3) is 22.6 Å². The van der Waals surface area contributed by atoms with Gasteiger partial charge in [0, 0.05) is 5.56 Å². The van der Waals surface area contributed by atoms with Crippen LogP contribution in [0.4, 0.5) is 10.2 Å². The van der Waals surface area contributed by atoms with Crippen LogP contribution in [-0.2, 0) is 0 Å². The summed E-state index contributed by atoms with van der Waals surface area (Å²) in [4.78, 5) is 0. The van der Waals surface area contributed by atoms with Crippen molar-refractivity contribution in [1.82, 2.24) is 20.6 Å². The average Bonchev–Trinajstić information content (AvgIpc) is 2.99. The lowest BCUT2D eigenvalue weighted by molar-refractivity contribution is 0.434. The Morgan fingerprint density at radius 1 is 1.37 bits per heavy atom. The van der Waals surface area contributed by atoms with Gasteiger partial charge in [-0.05, 0) is 18.2 Å². The molecule has 96 valence electrons. The summed E-state index contributed by atoms with van der Waals surface area (Å²) in [5.41, 5.74) is 7.17. The number of nitrogens with one attached hydrogen (secondary N) is 1. The Balaban J connectivity index is 2.22. The number of anilines is 1. The molecule has 0 unspecified atom stereocenters. The number of nitrogen functional groups attached to an aromatic ring is 1. The van der Waals surface area contributed by atoms with Gasteiger partial charge in [0.15, 0.2) is 17.3 Å². The summed E-state index contributed by atoms with van der Waals surface area (Å²) >= 11 is 6.02. The first-order valence-corrected chi connectivity index (χ1v) is 5.61. The largest absolute Gasteiger partial charge is 0.380 e. The van der Waals surface area contributed by atoms with E-state index in [0.29, 0.717) is 22.6 Å². The third-order valence-electron chi connectivity index (χ3n) is 2.57. The first kappa shape index (κ1) is 11.7. The first-order valence-electron chi connectivity index (χ1n) is 5.23. The molecule has 0 amide bonds. The lowest BCUT2D eigenvalue weighted by atomic mass is 10.0. The molecule has 3 N–H and O–H groups in total. The molecule has 8 heteroatoms. The second-order valence-electron chi connectivity index (χ2n) is 3.75. The molecule has 19 heavy (non-hydrogen) atoms. The van der Waals surface area contributed by atoms with Crippen molar-refractivity contribution in [3.8, 4) is 22.6 Å². The maximum absolute atomic E-state index is 13.1. The number of hydrogen-bond donors (Lipinski definition) is 2. The maximum Gasteiger partial charge on any atom is 0.198 e. The molecule has 0 saturated carbocycles. The van der Waals surface area contributed by atoms with E-state index in [-0.39, 0.29) is 10.8 Å². The predicted molar refractivity (Wildman–Crippen MR) is 66.7 cm³/mol. The van der Waals surface area contributed by atoms with Crippen molar-refractivity contribution in [2.75, 3.05) is 5.73 Å². The fourth-order valence-electron chi connectivity index (χ4n) is 1.74. The molecular formula is C11H7ClFN5O. The Morgan fingerprint density at radius 2 is 2.21 bits per heavy atom. The third kappa shape index (κ3) is 1.93. The van der Waals surface area contributed by atoms with Gasteiger partial charge in [0.1, 0.15) is 5.82 Å². The summed E-state index contributed by atoms with van der Waals surface area (Å²) in [5, 5.41) is 13.9. The van der Waals surface area contributed by atoms with E-state index in [0.717, 1.165) is 0 Å². The lowest BCUT2D eigenvalue weighted by Gasteiger charge is -2.03. The Morgan fingerprint density at radius 3 is 2.89 bits per heavy atom. The molecule has 2 aromatic heterocycles. The van der Waals surface area contributed by atoms with Crippen LogP contribution in [0.1, 0.15) is 0 Å². The zero-order valence-electron chi connectivity index (χ0n) is 9.39. The van der Waals surface area contributed by atoms with Gasteiger partial charge in [0.2, 0.25) is 0 Å². The molecule has 6 nitrogen and oxygen atoms in total. The summed E-state index contributed by atoms with van der Waals surface area (Å²) < 4.78 is 18.2. The van der Waals surface area contributed by atoms with Crippen LogP contribution in [0.2, 0.25) is 5.02 Å². The van der Waals surface area contributed by atoms with Crippen molar-refractivity contribution in [3.05, 3.63) is 35.2 Å². The highest BCUT2D eigenvalue weighted by Gasteiger charge is 2.21. The van der Waals surface area contributed by atoms with Gasteiger partial charge < -0.3 is 10.3 Å². The van der Waals surface area contributed by atoms with Crippen molar-refractivity contribution >= 4 is 17.4 Å².